The number of rotatable bonds is 3. The summed E-state index contributed by atoms with van der Waals surface area (Å²) in [6.45, 7) is 0. The molecule has 1 aliphatic heterocycles. The number of nitrogens with zero attached hydrogens (tertiary/aromatic N) is 2. The molecule has 2 aliphatic rings. The Bertz CT molecular complexity index is 453. The summed E-state index contributed by atoms with van der Waals surface area (Å²) in [7, 11) is 0. The van der Waals surface area contributed by atoms with Crippen LogP contribution in [-0.4, -0.2) is 33.2 Å². The Morgan fingerprint density at radius 2 is 2.29 bits per heavy atom. The zero-order valence-corrected chi connectivity index (χ0v) is 9.17. The molecule has 6 heteroatoms. The SMILES string of the molecule is O=C(O)[C@H]1CC(=O)N(c2cn[nH]c2)[C@@H]1C1CC1. The molecule has 1 aliphatic carbocycles. The van der Waals surface area contributed by atoms with Crippen LogP contribution in [0.5, 0.6) is 0 Å². The summed E-state index contributed by atoms with van der Waals surface area (Å²) in [4.78, 5) is 24.8. The molecule has 17 heavy (non-hydrogen) atoms. The van der Waals surface area contributed by atoms with E-state index in [4.69, 9.17) is 0 Å². The van der Waals surface area contributed by atoms with Gasteiger partial charge in [-0.3, -0.25) is 14.7 Å². The second-order valence-electron chi connectivity index (χ2n) is 4.70. The van der Waals surface area contributed by atoms with Gasteiger partial charge in [-0.25, -0.2) is 0 Å². The lowest BCUT2D eigenvalue weighted by Crippen LogP contribution is -2.38. The van der Waals surface area contributed by atoms with Crippen molar-refractivity contribution < 1.29 is 14.7 Å². The molecule has 1 aromatic rings. The summed E-state index contributed by atoms with van der Waals surface area (Å²) < 4.78 is 0. The van der Waals surface area contributed by atoms with Crippen molar-refractivity contribution in [1.29, 1.82) is 0 Å². The van der Waals surface area contributed by atoms with Gasteiger partial charge < -0.3 is 10.0 Å². The predicted octanol–water partition coefficient (Wildman–Crippen LogP) is 0.626. The van der Waals surface area contributed by atoms with Crippen LogP contribution in [0, 0.1) is 11.8 Å². The van der Waals surface area contributed by atoms with Gasteiger partial charge in [0.1, 0.15) is 0 Å². The third-order valence-electron chi connectivity index (χ3n) is 3.56. The van der Waals surface area contributed by atoms with Gasteiger partial charge in [0.15, 0.2) is 0 Å². The quantitative estimate of drug-likeness (QED) is 0.804. The first-order valence-electron chi connectivity index (χ1n) is 5.72. The summed E-state index contributed by atoms with van der Waals surface area (Å²) in [6, 6.07) is -0.197. The molecule has 2 heterocycles. The van der Waals surface area contributed by atoms with Gasteiger partial charge in [-0.1, -0.05) is 0 Å². The molecule has 0 spiro atoms. The van der Waals surface area contributed by atoms with Crippen LogP contribution in [0.25, 0.3) is 0 Å². The van der Waals surface area contributed by atoms with Crippen LogP contribution in [0.3, 0.4) is 0 Å². The van der Waals surface area contributed by atoms with Crippen molar-refractivity contribution in [3.05, 3.63) is 12.4 Å². The molecule has 0 radical (unpaired) electrons. The van der Waals surface area contributed by atoms with E-state index in [9.17, 15) is 14.7 Å². The fourth-order valence-electron chi connectivity index (χ4n) is 2.66. The maximum absolute atomic E-state index is 12.0. The summed E-state index contributed by atoms with van der Waals surface area (Å²) in [6.07, 6.45) is 5.32. The monoisotopic (exact) mass is 235 g/mol. The molecule has 90 valence electrons. The van der Waals surface area contributed by atoms with Crippen molar-refractivity contribution in [2.24, 2.45) is 11.8 Å². The van der Waals surface area contributed by atoms with Gasteiger partial charge in [0.25, 0.3) is 0 Å². The first kappa shape index (κ1) is 10.3. The fraction of sp³-hybridized carbons (Fsp3) is 0.545. The Labute approximate surface area is 97.6 Å². The number of carbonyl (C=O) groups is 2. The van der Waals surface area contributed by atoms with Gasteiger partial charge in [-0.05, 0) is 18.8 Å². The zero-order chi connectivity index (χ0) is 12.0. The highest BCUT2D eigenvalue weighted by molar-refractivity contribution is 6.00. The number of anilines is 1. The molecular formula is C11H13N3O3. The number of carboxylic acid groups (broad SMARTS) is 1. The molecule has 0 bridgehead atoms. The molecule has 2 atom stereocenters. The first-order valence-corrected chi connectivity index (χ1v) is 5.72. The first-order chi connectivity index (χ1) is 8.18. The fourth-order valence-corrected chi connectivity index (χ4v) is 2.66. The number of H-pyrrole nitrogens is 1. The molecule has 0 unspecified atom stereocenters. The lowest BCUT2D eigenvalue weighted by atomic mass is 9.96. The van der Waals surface area contributed by atoms with Gasteiger partial charge in [0, 0.05) is 12.6 Å². The van der Waals surface area contributed by atoms with Crippen molar-refractivity contribution in [3.63, 3.8) is 0 Å². The van der Waals surface area contributed by atoms with E-state index < -0.39 is 11.9 Å². The number of hydrogen-bond acceptors (Lipinski definition) is 3. The lowest BCUT2D eigenvalue weighted by Gasteiger charge is -2.25. The highest BCUT2D eigenvalue weighted by atomic mass is 16.4. The second-order valence-corrected chi connectivity index (χ2v) is 4.70. The number of aliphatic carboxylic acids is 1. The number of aromatic nitrogens is 2. The zero-order valence-electron chi connectivity index (χ0n) is 9.17. The average molecular weight is 235 g/mol. The van der Waals surface area contributed by atoms with E-state index in [0.29, 0.717) is 11.6 Å². The van der Waals surface area contributed by atoms with Crippen molar-refractivity contribution in [1.82, 2.24) is 10.2 Å². The summed E-state index contributed by atoms with van der Waals surface area (Å²) >= 11 is 0. The summed E-state index contributed by atoms with van der Waals surface area (Å²) in [5.74, 6) is -1.24. The Kier molecular flexibility index (Phi) is 2.17. The van der Waals surface area contributed by atoms with E-state index in [1.807, 2.05) is 0 Å². The molecular weight excluding hydrogens is 222 g/mol. The topological polar surface area (TPSA) is 86.3 Å². The smallest absolute Gasteiger partial charge is 0.309 e. The van der Waals surface area contributed by atoms with E-state index in [-0.39, 0.29) is 18.4 Å². The third kappa shape index (κ3) is 1.60. The van der Waals surface area contributed by atoms with Crippen LogP contribution in [-0.2, 0) is 9.59 Å². The number of nitrogens with one attached hydrogen (secondary N) is 1. The van der Waals surface area contributed by atoms with Crippen molar-refractivity contribution in [2.75, 3.05) is 4.90 Å². The molecule has 2 N–H and O–H groups in total. The van der Waals surface area contributed by atoms with E-state index in [1.165, 1.54) is 0 Å². The minimum atomic E-state index is -0.874. The molecule has 1 saturated heterocycles. The van der Waals surface area contributed by atoms with Gasteiger partial charge in [0.05, 0.1) is 23.8 Å². The van der Waals surface area contributed by atoms with Crippen LogP contribution >= 0.6 is 0 Å². The minimum Gasteiger partial charge on any atom is -0.481 e. The van der Waals surface area contributed by atoms with Crippen LogP contribution in [0.2, 0.25) is 0 Å². The van der Waals surface area contributed by atoms with Crippen LogP contribution in [0.4, 0.5) is 5.69 Å². The van der Waals surface area contributed by atoms with Crippen molar-refractivity contribution >= 4 is 17.6 Å². The molecule has 6 nitrogen and oxygen atoms in total. The normalized spacial score (nSPS) is 28.7. The van der Waals surface area contributed by atoms with Crippen molar-refractivity contribution in [2.45, 2.75) is 25.3 Å². The Hall–Kier alpha value is -1.85. The summed E-state index contributed by atoms with van der Waals surface area (Å²) in [5, 5.41) is 15.7. The Morgan fingerprint density at radius 1 is 1.53 bits per heavy atom. The highest BCUT2D eigenvalue weighted by Crippen LogP contribution is 2.44. The molecule has 0 aromatic carbocycles. The van der Waals surface area contributed by atoms with E-state index in [0.717, 1.165) is 12.8 Å². The number of carbonyl (C=O) groups excluding carboxylic acids is 1. The van der Waals surface area contributed by atoms with Gasteiger partial charge in [-0.15, -0.1) is 0 Å². The van der Waals surface area contributed by atoms with E-state index >= 15 is 0 Å². The molecule has 2 fully saturated rings. The van der Waals surface area contributed by atoms with Crippen LogP contribution in [0.15, 0.2) is 12.4 Å². The number of hydrogen-bond donors (Lipinski definition) is 2. The maximum atomic E-state index is 12.0. The molecule has 1 saturated carbocycles. The number of aromatic amines is 1. The predicted molar refractivity (Wildman–Crippen MR) is 58.3 cm³/mol. The van der Waals surface area contributed by atoms with E-state index in [1.54, 1.807) is 17.3 Å². The Morgan fingerprint density at radius 3 is 2.82 bits per heavy atom. The van der Waals surface area contributed by atoms with Gasteiger partial charge in [-0.2, -0.15) is 5.10 Å². The molecule has 3 rings (SSSR count). The number of amides is 1. The van der Waals surface area contributed by atoms with Crippen molar-refractivity contribution in [3.8, 4) is 0 Å². The standard InChI is InChI=1S/C11H13N3O3/c15-9-3-8(11(16)17)10(6-1-2-6)14(9)7-4-12-13-5-7/h4-6,8,10H,1-3H2,(H,12,13)(H,16,17)/t8-,10+/m0/s1. The largest absolute Gasteiger partial charge is 0.481 e. The highest BCUT2D eigenvalue weighted by Gasteiger charge is 2.51. The molecule has 1 aromatic heterocycles. The molecule has 1 amide bonds. The van der Waals surface area contributed by atoms with Crippen LogP contribution < -0.4 is 4.90 Å². The van der Waals surface area contributed by atoms with Crippen LogP contribution in [0.1, 0.15) is 19.3 Å². The Balaban J connectivity index is 1.95. The number of carboxylic acids is 1. The van der Waals surface area contributed by atoms with Gasteiger partial charge in [0.2, 0.25) is 5.91 Å². The second kappa shape index (κ2) is 3.58. The van der Waals surface area contributed by atoms with E-state index in [2.05, 4.69) is 10.2 Å². The lowest BCUT2D eigenvalue weighted by molar-refractivity contribution is -0.142. The third-order valence-corrected chi connectivity index (χ3v) is 3.56. The minimum absolute atomic E-state index is 0.0989. The average Bonchev–Trinajstić information content (AvgIpc) is 2.86. The van der Waals surface area contributed by atoms with Gasteiger partial charge >= 0.3 is 5.97 Å². The summed E-state index contributed by atoms with van der Waals surface area (Å²) in [5.41, 5.74) is 0.677. The maximum Gasteiger partial charge on any atom is 0.309 e.